The zero-order valence-electron chi connectivity index (χ0n) is 10.9. The maximum atomic E-state index is 12.9. The third-order valence-electron chi connectivity index (χ3n) is 2.49. The summed E-state index contributed by atoms with van der Waals surface area (Å²) in [5.41, 5.74) is 0. The molecule has 0 spiro atoms. The Kier molecular flexibility index (Phi) is 5.50. The Morgan fingerprint density at radius 1 is 1.45 bits per heavy atom. The summed E-state index contributed by atoms with van der Waals surface area (Å²) in [5.74, 6) is -1.96. The summed E-state index contributed by atoms with van der Waals surface area (Å²) in [6, 6.07) is 1.53. The second kappa shape index (κ2) is 6.51. The van der Waals surface area contributed by atoms with E-state index in [4.69, 9.17) is 16.7 Å². The van der Waals surface area contributed by atoms with E-state index in [2.05, 4.69) is 4.72 Å². The van der Waals surface area contributed by atoms with Gasteiger partial charge in [0.25, 0.3) is 0 Å². The van der Waals surface area contributed by atoms with Gasteiger partial charge in [-0.15, -0.1) is 0 Å². The highest BCUT2D eigenvalue weighted by molar-refractivity contribution is 7.89. The first-order valence-electron chi connectivity index (χ1n) is 5.83. The number of nitrogens with one attached hydrogen (secondary N) is 1. The minimum absolute atomic E-state index is 0.0116. The number of carbonyl (C=O) groups is 1. The van der Waals surface area contributed by atoms with Crippen LogP contribution in [0, 0.1) is 11.7 Å². The lowest BCUT2D eigenvalue weighted by atomic mass is 10.1. The van der Waals surface area contributed by atoms with Crippen LogP contribution in [0.5, 0.6) is 0 Å². The van der Waals surface area contributed by atoms with E-state index in [-0.39, 0.29) is 22.3 Å². The molecule has 1 rings (SSSR count). The summed E-state index contributed by atoms with van der Waals surface area (Å²) in [6.07, 6.45) is 0.132. The van der Waals surface area contributed by atoms with Gasteiger partial charge in [0.2, 0.25) is 10.0 Å². The molecule has 1 aromatic carbocycles. The third kappa shape index (κ3) is 4.43. The first-order chi connectivity index (χ1) is 9.13. The molecule has 0 unspecified atom stereocenters. The number of hydrogen-bond acceptors (Lipinski definition) is 3. The zero-order valence-corrected chi connectivity index (χ0v) is 12.5. The summed E-state index contributed by atoms with van der Waals surface area (Å²) < 4.78 is 39.1. The highest BCUT2D eigenvalue weighted by Crippen LogP contribution is 2.22. The van der Waals surface area contributed by atoms with Crippen molar-refractivity contribution in [2.45, 2.75) is 31.2 Å². The minimum Gasteiger partial charge on any atom is -0.480 e. The van der Waals surface area contributed by atoms with E-state index in [9.17, 15) is 17.6 Å². The molecule has 2 N–H and O–H groups in total. The fraction of sp³-hybridized carbons (Fsp3) is 0.417. The molecule has 0 aliphatic rings. The Labute approximate surface area is 121 Å². The van der Waals surface area contributed by atoms with Crippen LogP contribution in [-0.2, 0) is 14.8 Å². The molecule has 0 aliphatic carbocycles. The molecule has 0 aromatic heterocycles. The van der Waals surface area contributed by atoms with Crippen LogP contribution in [-0.4, -0.2) is 25.5 Å². The highest BCUT2D eigenvalue weighted by atomic mass is 35.5. The van der Waals surface area contributed by atoms with Gasteiger partial charge < -0.3 is 5.11 Å². The van der Waals surface area contributed by atoms with Gasteiger partial charge in [-0.1, -0.05) is 25.4 Å². The zero-order chi connectivity index (χ0) is 15.5. The van der Waals surface area contributed by atoms with Crippen molar-refractivity contribution in [3.63, 3.8) is 0 Å². The molecule has 1 aromatic rings. The van der Waals surface area contributed by atoms with Crippen LogP contribution in [0.15, 0.2) is 23.1 Å². The lowest BCUT2D eigenvalue weighted by Gasteiger charge is -2.17. The number of aliphatic carboxylic acids is 1. The molecule has 112 valence electrons. The molecule has 0 saturated carbocycles. The molecule has 20 heavy (non-hydrogen) atoms. The summed E-state index contributed by atoms with van der Waals surface area (Å²) in [4.78, 5) is 10.7. The van der Waals surface area contributed by atoms with E-state index in [0.29, 0.717) is 0 Å². The number of carboxylic acid groups (broad SMARTS) is 1. The lowest BCUT2D eigenvalue weighted by molar-refractivity contribution is -0.139. The van der Waals surface area contributed by atoms with Crippen LogP contribution in [0.4, 0.5) is 4.39 Å². The molecule has 8 heteroatoms. The van der Waals surface area contributed by atoms with Gasteiger partial charge in [-0.2, -0.15) is 4.72 Å². The van der Waals surface area contributed by atoms with Gasteiger partial charge in [-0.25, -0.2) is 12.8 Å². The van der Waals surface area contributed by atoms with Crippen molar-refractivity contribution in [1.82, 2.24) is 4.72 Å². The van der Waals surface area contributed by atoms with Crippen LogP contribution in [0.1, 0.15) is 20.3 Å². The van der Waals surface area contributed by atoms with Crippen molar-refractivity contribution in [3.8, 4) is 0 Å². The monoisotopic (exact) mass is 323 g/mol. The molecule has 0 saturated heterocycles. The van der Waals surface area contributed by atoms with Gasteiger partial charge in [-0.3, -0.25) is 4.79 Å². The van der Waals surface area contributed by atoms with Gasteiger partial charge in [-0.05, 0) is 30.5 Å². The number of benzene rings is 1. The average molecular weight is 324 g/mol. The number of carboxylic acids is 1. The van der Waals surface area contributed by atoms with E-state index in [1.54, 1.807) is 13.8 Å². The minimum atomic E-state index is -4.13. The van der Waals surface area contributed by atoms with Crippen molar-refractivity contribution < 1.29 is 22.7 Å². The number of rotatable bonds is 6. The van der Waals surface area contributed by atoms with E-state index in [1.165, 1.54) is 0 Å². The van der Waals surface area contributed by atoms with E-state index >= 15 is 0 Å². The number of halogens is 2. The van der Waals surface area contributed by atoms with Gasteiger partial charge in [0.15, 0.2) is 0 Å². The molecule has 0 heterocycles. The van der Waals surface area contributed by atoms with E-state index in [1.807, 2.05) is 0 Å². The SMILES string of the molecule is CC(C)C[C@H](NS(=O)(=O)c1ccc(F)cc1Cl)C(=O)O. The van der Waals surface area contributed by atoms with E-state index < -0.39 is 27.9 Å². The predicted octanol–water partition coefficient (Wildman–Crippen LogP) is 2.26. The Balaban J connectivity index is 3.06. The average Bonchev–Trinajstić information content (AvgIpc) is 2.26. The van der Waals surface area contributed by atoms with Gasteiger partial charge in [0.1, 0.15) is 16.8 Å². The molecular weight excluding hydrogens is 309 g/mol. The van der Waals surface area contributed by atoms with Crippen molar-refractivity contribution in [2.75, 3.05) is 0 Å². The summed E-state index contributed by atoms with van der Waals surface area (Å²) >= 11 is 5.68. The van der Waals surface area contributed by atoms with Crippen LogP contribution in [0.3, 0.4) is 0 Å². The second-order valence-corrected chi connectivity index (χ2v) is 6.81. The van der Waals surface area contributed by atoms with E-state index in [0.717, 1.165) is 18.2 Å². The molecule has 1 atom stereocenters. The number of hydrogen-bond donors (Lipinski definition) is 2. The fourth-order valence-corrected chi connectivity index (χ4v) is 3.35. The molecule has 0 aliphatic heterocycles. The van der Waals surface area contributed by atoms with Crippen LogP contribution in [0.25, 0.3) is 0 Å². The summed E-state index contributed by atoms with van der Waals surface area (Å²) in [7, 11) is -4.13. The van der Waals surface area contributed by atoms with Crippen molar-refractivity contribution in [3.05, 3.63) is 29.0 Å². The predicted molar refractivity (Wildman–Crippen MR) is 72.6 cm³/mol. The normalized spacial score (nSPS) is 13.4. The van der Waals surface area contributed by atoms with Crippen LogP contribution >= 0.6 is 11.6 Å². The van der Waals surface area contributed by atoms with Gasteiger partial charge >= 0.3 is 5.97 Å². The van der Waals surface area contributed by atoms with Gasteiger partial charge in [0.05, 0.1) is 5.02 Å². The quantitative estimate of drug-likeness (QED) is 0.841. The fourth-order valence-electron chi connectivity index (χ4n) is 1.61. The molecule has 0 fully saturated rings. The summed E-state index contributed by atoms with van der Waals surface area (Å²) in [6.45, 7) is 3.55. The van der Waals surface area contributed by atoms with Crippen LogP contribution < -0.4 is 4.72 Å². The number of sulfonamides is 1. The Bertz CT molecular complexity index is 603. The topological polar surface area (TPSA) is 83.5 Å². The molecule has 0 amide bonds. The second-order valence-electron chi connectivity index (χ2n) is 4.72. The third-order valence-corrected chi connectivity index (χ3v) is 4.44. The summed E-state index contributed by atoms with van der Waals surface area (Å²) in [5, 5.41) is 8.73. The molecule has 5 nitrogen and oxygen atoms in total. The van der Waals surface area contributed by atoms with Crippen molar-refractivity contribution in [1.29, 1.82) is 0 Å². The highest BCUT2D eigenvalue weighted by Gasteiger charge is 2.27. The largest absolute Gasteiger partial charge is 0.480 e. The first kappa shape index (κ1) is 16.9. The first-order valence-corrected chi connectivity index (χ1v) is 7.69. The van der Waals surface area contributed by atoms with Gasteiger partial charge in [0, 0.05) is 0 Å². The lowest BCUT2D eigenvalue weighted by Crippen LogP contribution is -2.41. The Morgan fingerprint density at radius 2 is 2.05 bits per heavy atom. The standard InChI is InChI=1S/C12H15ClFNO4S/c1-7(2)5-10(12(16)17)15-20(18,19)11-4-3-8(14)6-9(11)13/h3-4,6-7,10,15H,5H2,1-2H3,(H,16,17)/t10-/m0/s1. The smallest absolute Gasteiger partial charge is 0.321 e. The van der Waals surface area contributed by atoms with Crippen molar-refractivity contribution >= 4 is 27.6 Å². The molecule has 0 bridgehead atoms. The molecule has 0 radical (unpaired) electrons. The maximum Gasteiger partial charge on any atom is 0.321 e. The Morgan fingerprint density at radius 3 is 2.50 bits per heavy atom. The molecular formula is C12H15ClFNO4S. The van der Waals surface area contributed by atoms with Crippen molar-refractivity contribution in [2.24, 2.45) is 5.92 Å². The Hall–Kier alpha value is -1.18. The maximum absolute atomic E-state index is 12.9. The van der Waals surface area contributed by atoms with Crippen LogP contribution in [0.2, 0.25) is 5.02 Å².